The fourth-order valence-electron chi connectivity index (χ4n) is 5.01. The van der Waals surface area contributed by atoms with Gasteiger partial charge < -0.3 is 35.5 Å². The third-order valence-corrected chi connectivity index (χ3v) is 7.22. The largest absolute Gasteiger partial charge is 0.497 e. The summed E-state index contributed by atoms with van der Waals surface area (Å²) in [5, 5.41) is 23.8. The van der Waals surface area contributed by atoms with Gasteiger partial charge in [0.15, 0.2) is 0 Å². The third kappa shape index (κ3) is 4.49. The van der Waals surface area contributed by atoms with E-state index in [0.717, 1.165) is 0 Å². The molecule has 2 rings (SSSR count). The Morgan fingerprint density at radius 1 is 1.21 bits per heavy atom. The second kappa shape index (κ2) is 10.9. The molecule has 1 heterocycles. The van der Waals surface area contributed by atoms with E-state index in [1.54, 1.807) is 6.92 Å². The molecule has 11 heteroatoms. The molecule has 1 aromatic rings. The van der Waals surface area contributed by atoms with Gasteiger partial charge in [-0.15, -0.1) is 0 Å². The zero-order valence-electron chi connectivity index (χ0n) is 19.2. The minimum absolute atomic E-state index is 0.00831. The Kier molecular flexibility index (Phi) is 8.92. The molecule has 5 N–H and O–H groups in total. The molecule has 1 fully saturated rings. The molecular formula is C22H32ClFN2O7. The van der Waals surface area contributed by atoms with Crippen molar-refractivity contribution >= 4 is 23.5 Å². The van der Waals surface area contributed by atoms with E-state index in [-0.39, 0.29) is 42.5 Å². The Hall–Kier alpha value is -2.14. The van der Waals surface area contributed by atoms with Crippen LogP contribution in [0.4, 0.5) is 4.39 Å². The van der Waals surface area contributed by atoms with Gasteiger partial charge in [-0.3, -0.25) is 9.59 Å². The molecule has 0 saturated carbocycles. The monoisotopic (exact) mass is 490 g/mol. The van der Waals surface area contributed by atoms with Gasteiger partial charge in [0.1, 0.15) is 18.2 Å². The Labute approximate surface area is 197 Å². The van der Waals surface area contributed by atoms with Gasteiger partial charge in [0.25, 0.3) is 0 Å². The normalized spacial score (nSPS) is 29.5. The summed E-state index contributed by atoms with van der Waals surface area (Å²) in [6, 6.07) is 0.841. The van der Waals surface area contributed by atoms with Crippen LogP contribution in [0.5, 0.6) is 11.5 Å². The zero-order chi connectivity index (χ0) is 25.0. The molecule has 0 spiro atoms. The average Bonchev–Trinajstić information content (AvgIpc) is 2.79. The summed E-state index contributed by atoms with van der Waals surface area (Å²) in [7, 11) is 2.78. The van der Waals surface area contributed by atoms with Gasteiger partial charge in [0.2, 0.25) is 0 Å². The second-order valence-electron chi connectivity index (χ2n) is 8.24. The van der Waals surface area contributed by atoms with Crippen molar-refractivity contribution < 1.29 is 38.4 Å². The quantitative estimate of drug-likeness (QED) is 0.344. The molecule has 0 bridgehead atoms. The van der Waals surface area contributed by atoms with Crippen LogP contribution in [0.2, 0.25) is 5.02 Å². The molecular weight excluding hydrogens is 459 g/mol. The summed E-state index contributed by atoms with van der Waals surface area (Å²) in [4.78, 5) is 25.6. The predicted octanol–water partition coefficient (Wildman–Crippen LogP) is 2.30. The van der Waals surface area contributed by atoms with E-state index >= 15 is 0 Å². The Balaban J connectivity index is 2.93. The van der Waals surface area contributed by atoms with Crippen molar-refractivity contribution in [3.63, 3.8) is 0 Å². The molecule has 1 aromatic carbocycles. The minimum Gasteiger partial charge on any atom is -0.497 e. The molecule has 1 aliphatic rings. The van der Waals surface area contributed by atoms with Crippen LogP contribution < -0.4 is 20.5 Å². The van der Waals surface area contributed by atoms with Crippen molar-refractivity contribution in [2.24, 2.45) is 16.6 Å². The highest BCUT2D eigenvalue weighted by molar-refractivity contribution is 6.33. The lowest BCUT2D eigenvalue weighted by atomic mass is 9.51. The SMILES string of the molecule is CCC1(C(=O)O)C(COCCN)NC(CF)C(C)(C(=O)O)C1c1cc(OC)cc(OC)c1Cl. The van der Waals surface area contributed by atoms with Crippen molar-refractivity contribution in [1.29, 1.82) is 0 Å². The summed E-state index contributed by atoms with van der Waals surface area (Å²) in [5.74, 6) is -3.41. The van der Waals surface area contributed by atoms with Crippen LogP contribution >= 0.6 is 11.6 Å². The number of halogens is 2. The van der Waals surface area contributed by atoms with E-state index in [0.29, 0.717) is 5.75 Å². The molecule has 0 aliphatic carbocycles. The van der Waals surface area contributed by atoms with Crippen molar-refractivity contribution in [3.8, 4) is 11.5 Å². The number of piperidine rings is 1. The van der Waals surface area contributed by atoms with Crippen molar-refractivity contribution in [3.05, 3.63) is 22.7 Å². The number of methoxy groups -OCH3 is 2. The van der Waals surface area contributed by atoms with Gasteiger partial charge in [-0.05, 0) is 25.0 Å². The maximum atomic E-state index is 14.3. The lowest BCUT2D eigenvalue weighted by molar-refractivity contribution is -0.175. The summed E-state index contributed by atoms with van der Waals surface area (Å²) in [6.45, 7) is 2.18. The van der Waals surface area contributed by atoms with Crippen LogP contribution in [0.15, 0.2) is 12.1 Å². The number of hydrogen-bond acceptors (Lipinski definition) is 7. The van der Waals surface area contributed by atoms with E-state index in [9.17, 15) is 24.2 Å². The summed E-state index contributed by atoms with van der Waals surface area (Å²) >= 11 is 6.63. The van der Waals surface area contributed by atoms with Gasteiger partial charge in [0, 0.05) is 24.6 Å². The first-order valence-corrected chi connectivity index (χ1v) is 11.0. The Morgan fingerprint density at radius 2 is 1.88 bits per heavy atom. The number of benzene rings is 1. The number of nitrogens with one attached hydrogen (secondary N) is 1. The highest BCUT2D eigenvalue weighted by atomic mass is 35.5. The van der Waals surface area contributed by atoms with Crippen molar-refractivity contribution in [2.45, 2.75) is 38.3 Å². The number of aliphatic carboxylic acids is 2. The van der Waals surface area contributed by atoms with E-state index in [4.69, 9.17) is 31.5 Å². The fraction of sp³-hybridized carbons (Fsp3) is 0.636. The standard InChI is InChI=1S/C22H32ClFN2O7/c1-5-22(20(29)30)16(11-33-7-6-25)26-15(10-24)21(2,19(27)28)18(22)13-8-12(31-3)9-14(32-4)17(13)23/h8-9,15-16,18,26H,5-7,10-11,25H2,1-4H3,(H,27,28)(H,29,30). The summed E-state index contributed by atoms with van der Waals surface area (Å²) in [5.41, 5.74) is 2.06. The molecule has 5 atom stereocenters. The molecule has 9 nitrogen and oxygen atoms in total. The predicted molar refractivity (Wildman–Crippen MR) is 120 cm³/mol. The first kappa shape index (κ1) is 27.1. The lowest BCUT2D eigenvalue weighted by Crippen LogP contribution is -2.71. The molecule has 1 aliphatic heterocycles. The topological polar surface area (TPSA) is 140 Å². The molecule has 0 amide bonds. The Morgan fingerprint density at radius 3 is 2.33 bits per heavy atom. The van der Waals surface area contributed by atoms with Crippen LogP contribution in [-0.2, 0) is 14.3 Å². The number of carboxylic acid groups (broad SMARTS) is 2. The van der Waals surface area contributed by atoms with Crippen molar-refractivity contribution in [2.75, 3.05) is 40.7 Å². The minimum atomic E-state index is -1.89. The first-order valence-electron chi connectivity index (χ1n) is 10.6. The maximum absolute atomic E-state index is 14.3. The average molecular weight is 491 g/mol. The molecule has 5 unspecified atom stereocenters. The van der Waals surface area contributed by atoms with Crippen LogP contribution in [0.25, 0.3) is 0 Å². The molecule has 0 radical (unpaired) electrons. The van der Waals surface area contributed by atoms with E-state index in [1.807, 2.05) is 0 Å². The van der Waals surface area contributed by atoms with Gasteiger partial charge in [-0.1, -0.05) is 18.5 Å². The number of rotatable bonds is 11. The summed E-state index contributed by atoms with van der Waals surface area (Å²) in [6.07, 6.45) is 0.00831. The second-order valence-corrected chi connectivity index (χ2v) is 8.62. The van der Waals surface area contributed by atoms with Crippen LogP contribution in [0, 0.1) is 10.8 Å². The number of ether oxygens (including phenoxy) is 3. The Bertz CT molecular complexity index is 873. The number of carboxylic acids is 2. The number of nitrogens with two attached hydrogens (primary N) is 1. The zero-order valence-corrected chi connectivity index (χ0v) is 19.9. The first-order chi connectivity index (χ1) is 15.6. The number of alkyl halides is 1. The molecule has 0 aromatic heterocycles. The van der Waals surface area contributed by atoms with Crippen LogP contribution in [-0.4, -0.2) is 74.9 Å². The fourth-order valence-corrected chi connectivity index (χ4v) is 5.30. The lowest BCUT2D eigenvalue weighted by Gasteiger charge is -2.56. The molecule has 33 heavy (non-hydrogen) atoms. The number of hydrogen-bond donors (Lipinski definition) is 4. The van der Waals surface area contributed by atoms with E-state index in [2.05, 4.69) is 5.32 Å². The summed E-state index contributed by atoms with van der Waals surface area (Å²) < 4.78 is 30.5. The molecule has 1 saturated heterocycles. The maximum Gasteiger partial charge on any atom is 0.311 e. The van der Waals surface area contributed by atoms with Gasteiger partial charge in [-0.2, -0.15) is 0 Å². The smallest absolute Gasteiger partial charge is 0.311 e. The van der Waals surface area contributed by atoms with Crippen LogP contribution in [0.3, 0.4) is 0 Å². The van der Waals surface area contributed by atoms with Gasteiger partial charge in [-0.25, -0.2) is 4.39 Å². The highest BCUT2D eigenvalue weighted by Crippen LogP contribution is 2.59. The molecule has 186 valence electrons. The van der Waals surface area contributed by atoms with E-state index < -0.39 is 47.4 Å². The van der Waals surface area contributed by atoms with E-state index in [1.165, 1.54) is 33.3 Å². The number of carbonyl (C=O) groups is 2. The van der Waals surface area contributed by atoms with Crippen molar-refractivity contribution in [1.82, 2.24) is 5.32 Å². The third-order valence-electron chi connectivity index (χ3n) is 6.82. The van der Waals surface area contributed by atoms with Gasteiger partial charge in [0.05, 0.1) is 49.3 Å². The van der Waals surface area contributed by atoms with Crippen LogP contribution in [0.1, 0.15) is 31.7 Å². The highest BCUT2D eigenvalue weighted by Gasteiger charge is 2.67. The van der Waals surface area contributed by atoms with Gasteiger partial charge >= 0.3 is 11.9 Å².